The molecule has 3 rings (SSSR count). The first-order chi connectivity index (χ1) is 15.4. The van der Waals surface area contributed by atoms with E-state index >= 15 is 0 Å². The number of aromatic amines is 1. The minimum Gasteiger partial charge on any atom is -0.384 e. The summed E-state index contributed by atoms with van der Waals surface area (Å²) in [5, 5.41) is 9.93. The number of aliphatic hydroxyl groups is 1. The lowest BCUT2D eigenvalue weighted by atomic mass is 10.1. The Morgan fingerprint density at radius 1 is 1.12 bits per heavy atom. The van der Waals surface area contributed by atoms with E-state index in [9.17, 15) is 9.59 Å². The van der Waals surface area contributed by atoms with E-state index in [0.29, 0.717) is 34.6 Å². The van der Waals surface area contributed by atoms with Gasteiger partial charge in [0.25, 0.3) is 5.91 Å². The number of H-pyrrole nitrogens is 1. The first-order valence-electron chi connectivity index (χ1n) is 10.3. The van der Waals surface area contributed by atoms with Crippen molar-refractivity contribution < 1.29 is 9.90 Å². The van der Waals surface area contributed by atoms with Crippen LogP contribution < -0.4 is 5.43 Å². The van der Waals surface area contributed by atoms with Gasteiger partial charge in [-0.2, -0.15) is 0 Å². The summed E-state index contributed by atoms with van der Waals surface area (Å²) in [5.74, 6) is 5.04. The van der Waals surface area contributed by atoms with Gasteiger partial charge in [-0.05, 0) is 63.0 Å². The highest BCUT2D eigenvalue weighted by Gasteiger charge is 2.20. The largest absolute Gasteiger partial charge is 0.384 e. The number of hydrogen-bond acceptors (Lipinski definition) is 4. The zero-order valence-corrected chi connectivity index (χ0v) is 18.9. The standard InChI is InChI=1S/C25H26ClN3O3/c1-28(2)12-4-13-29(17-19-6-9-20(26)10-7-19)25(32)22-16-27-23-11-8-18(5-3-14-30)15-21(23)24(22)31/h6-11,15-16,30H,4,12-14,17H2,1-2H3,(H,27,31). The Balaban J connectivity index is 1.94. The van der Waals surface area contributed by atoms with Crippen molar-refractivity contribution in [2.45, 2.75) is 13.0 Å². The van der Waals surface area contributed by atoms with Gasteiger partial charge in [-0.15, -0.1) is 0 Å². The molecule has 2 N–H and O–H groups in total. The number of nitrogens with zero attached hydrogens (tertiary/aromatic N) is 2. The highest BCUT2D eigenvalue weighted by molar-refractivity contribution is 6.30. The number of aliphatic hydroxyl groups excluding tert-OH is 1. The predicted molar refractivity (Wildman–Crippen MR) is 128 cm³/mol. The molecule has 1 aromatic heterocycles. The van der Waals surface area contributed by atoms with Crippen molar-refractivity contribution >= 4 is 28.4 Å². The lowest BCUT2D eigenvalue weighted by molar-refractivity contribution is 0.0736. The van der Waals surface area contributed by atoms with Crippen LogP contribution in [0.4, 0.5) is 0 Å². The maximum absolute atomic E-state index is 13.4. The van der Waals surface area contributed by atoms with E-state index in [1.54, 1.807) is 35.2 Å². The summed E-state index contributed by atoms with van der Waals surface area (Å²) in [4.78, 5) is 33.4. The average Bonchev–Trinajstić information content (AvgIpc) is 2.78. The Hall–Kier alpha value is -3.11. The molecule has 166 valence electrons. The summed E-state index contributed by atoms with van der Waals surface area (Å²) in [6, 6.07) is 12.5. The number of amides is 1. The number of aromatic nitrogens is 1. The summed E-state index contributed by atoms with van der Waals surface area (Å²) in [6.45, 7) is 1.45. The number of carbonyl (C=O) groups excluding carboxylic acids is 1. The van der Waals surface area contributed by atoms with E-state index in [1.807, 2.05) is 26.2 Å². The van der Waals surface area contributed by atoms with Gasteiger partial charge in [0.15, 0.2) is 0 Å². The lowest BCUT2D eigenvalue weighted by Crippen LogP contribution is -2.35. The molecule has 0 aliphatic carbocycles. The third-order valence-corrected chi connectivity index (χ3v) is 5.28. The summed E-state index contributed by atoms with van der Waals surface area (Å²) < 4.78 is 0. The number of nitrogens with one attached hydrogen (secondary N) is 1. The number of benzene rings is 2. The van der Waals surface area contributed by atoms with E-state index in [4.69, 9.17) is 16.7 Å². The van der Waals surface area contributed by atoms with Crippen LogP contribution in [0.5, 0.6) is 0 Å². The van der Waals surface area contributed by atoms with Gasteiger partial charge in [-0.25, -0.2) is 0 Å². The van der Waals surface area contributed by atoms with Gasteiger partial charge in [0, 0.05) is 40.8 Å². The molecule has 0 fully saturated rings. The predicted octanol–water partition coefficient (Wildman–Crippen LogP) is 3.12. The van der Waals surface area contributed by atoms with Crippen molar-refractivity contribution in [3.05, 3.63) is 80.6 Å². The molecule has 0 spiro atoms. The normalized spacial score (nSPS) is 10.8. The Morgan fingerprint density at radius 3 is 2.56 bits per heavy atom. The molecule has 0 radical (unpaired) electrons. The minimum absolute atomic E-state index is 0.0867. The number of fused-ring (bicyclic) bond motifs is 1. The number of halogens is 1. The Kier molecular flexibility index (Phi) is 8.07. The molecule has 2 aromatic carbocycles. The van der Waals surface area contributed by atoms with Gasteiger partial charge in [-0.1, -0.05) is 35.6 Å². The number of hydrogen-bond donors (Lipinski definition) is 2. The summed E-state index contributed by atoms with van der Waals surface area (Å²) in [6.07, 6.45) is 2.26. The number of pyridine rings is 1. The topological polar surface area (TPSA) is 76.6 Å². The fraction of sp³-hybridized carbons (Fsp3) is 0.280. The Bertz CT molecular complexity index is 1210. The summed E-state index contributed by atoms with van der Waals surface area (Å²) in [5.41, 5.74) is 1.91. The molecule has 0 saturated carbocycles. The van der Waals surface area contributed by atoms with Gasteiger partial charge < -0.3 is 19.9 Å². The monoisotopic (exact) mass is 451 g/mol. The van der Waals surface area contributed by atoms with Crippen molar-refractivity contribution in [1.29, 1.82) is 0 Å². The second-order valence-corrected chi connectivity index (χ2v) is 8.20. The van der Waals surface area contributed by atoms with Crippen LogP contribution in [0.2, 0.25) is 5.02 Å². The molecule has 1 heterocycles. The van der Waals surface area contributed by atoms with E-state index in [-0.39, 0.29) is 23.5 Å². The van der Waals surface area contributed by atoms with Crippen molar-refractivity contribution in [2.75, 3.05) is 33.8 Å². The molecular weight excluding hydrogens is 426 g/mol. The van der Waals surface area contributed by atoms with E-state index in [0.717, 1.165) is 18.5 Å². The third kappa shape index (κ3) is 5.98. The smallest absolute Gasteiger partial charge is 0.259 e. The highest BCUT2D eigenvalue weighted by atomic mass is 35.5. The van der Waals surface area contributed by atoms with Crippen LogP contribution in [-0.4, -0.2) is 59.6 Å². The van der Waals surface area contributed by atoms with Crippen molar-refractivity contribution in [1.82, 2.24) is 14.8 Å². The van der Waals surface area contributed by atoms with E-state index in [1.165, 1.54) is 6.20 Å². The highest BCUT2D eigenvalue weighted by Crippen LogP contribution is 2.15. The number of carbonyl (C=O) groups is 1. The molecule has 1 amide bonds. The zero-order valence-electron chi connectivity index (χ0n) is 18.2. The van der Waals surface area contributed by atoms with Crippen LogP contribution in [0, 0.1) is 11.8 Å². The second-order valence-electron chi connectivity index (χ2n) is 7.76. The fourth-order valence-corrected chi connectivity index (χ4v) is 3.53. The minimum atomic E-state index is -0.342. The molecule has 3 aromatic rings. The first kappa shape index (κ1) is 23.6. The van der Waals surface area contributed by atoms with Gasteiger partial charge in [0.2, 0.25) is 5.43 Å². The van der Waals surface area contributed by atoms with E-state index < -0.39 is 0 Å². The lowest BCUT2D eigenvalue weighted by Gasteiger charge is -2.24. The second kappa shape index (κ2) is 11.0. The van der Waals surface area contributed by atoms with Gasteiger partial charge >= 0.3 is 0 Å². The summed E-state index contributed by atoms with van der Waals surface area (Å²) in [7, 11) is 3.97. The molecule has 32 heavy (non-hydrogen) atoms. The average molecular weight is 452 g/mol. The Labute approximate surface area is 192 Å². The molecule has 0 saturated heterocycles. The molecule has 0 bridgehead atoms. The van der Waals surface area contributed by atoms with Crippen LogP contribution in [0.25, 0.3) is 10.9 Å². The third-order valence-electron chi connectivity index (χ3n) is 5.03. The van der Waals surface area contributed by atoms with Crippen LogP contribution in [-0.2, 0) is 6.54 Å². The van der Waals surface area contributed by atoms with Crippen molar-refractivity contribution in [3.63, 3.8) is 0 Å². The number of rotatable bonds is 7. The molecule has 6 nitrogen and oxygen atoms in total. The van der Waals surface area contributed by atoms with Crippen LogP contribution >= 0.6 is 11.6 Å². The Morgan fingerprint density at radius 2 is 1.88 bits per heavy atom. The van der Waals surface area contributed by atoms with E-state index in [2.05, 4.69) is 21.7 Å². The first-order valence-corrected chi connectivity index (χ1v) is 10.7. The quantitative estimate of drug-likeness (QED) is 0.541. The van der Waals surface area contributed by atoms with Crippen LogP contribution in [0.3, 0.4) is 0 Å². The maximum Gasteiger partial charge on any atom is 0.259 e. The van der Waals surface area contributed by atoms with Gasteiger partial charge in [0.05, 0.1) is 0 Å². The van der Waals surface area contributed by atoms with Crippen LogP contribution in [0.1, 0.15) is 27.9 Å². The molecule has 7 heteroatoms. The van der Waals surface area contributed by atoms with Gasteiger partial charge in [0.1, 0.15) is 12.2 Å². The van der Waals surface area contributed by atoms with Crippen molar-refractivity contribution in [2.24, 2.45) is 0 Å². The molecule has 0 atom stereocenters. The van der Waals surface area contributed by atoms with Crippen LogP contribution in [0.15, 0.2) is 53.5 Å². The zero-order chi connectivity index (χ0) is 23.1. The fourth-order valence-electron chi connectivity index (χ4n) is 3.41. The molecule has 0 unspecified atom stereocenters. The summed E-state index contributed by atoms with van der Waals surface area (Å²) >= 11 is 5.99. The molecule has 0 aliphatic heterocycles. The molecule has 0 aliphatic rings. The molecular formula is C25H26ClN3O3. The van der Waals surface area contributed by atoms with Crippen molar-refractivity contribution in [3.8, 4) is 11.8 Å². The SMILES string of the molecule is CN(C)CCCN(Cc1ccc(Cl)cc1)C(=O)c1c[nH]c2ccc(C#CCO)cc2c1=O. The maximum atomic E-state index is 13.4. The van der Waals surface area contributed by atoms with Gasteiger partial charge in [-0.3, -0.25) is 9.59 Å².